The highest BCUT2D eigenvalue weighted by Gasteiger charge is 2.54. The summed E-state index contributed by atoms with van der Waals surface area (Å²) >= 11 is 0. The van der Waals surface area contributed by atoms with E-state index in [-0.39, 0.29) is 21.3 Å². The fourth-order valence-electron chi connectivity index (χ4n) is 6.04. The molecule has 0 saturated carbocycles. The summed E-state index contributed by atoms with van der Waals surface area (Å²) in [5.74, 6) is 0.843. The molecule has 2 rings (SSSR count). The number of allylic oxidation sites excluding steroid dienone is 2. The lowest BCUT2D eigenvalue weighted by Crippen LogP contribution is -2.58. The Bertz CT molecular complexity index is 805. The van der Waals surface area contributed by atoms with E-state index < -0.39 is 16.6 Å². The van der Waals surface area contributed by atoms with Gasteiger partial charge in [-0.1, -0.05) is 78.0 Å². The predicted octanol–water partition coefficient (Wildman–Crippen LogP) is 8.78. The number of ether oxygens (including phenoxy) is 4. The third-order valence-electron chi connectivity index (χ3n) is 9.39. The second kappa shape index (κ2) is 13.4. The van der Waals surface area contributed by atoms with Gasteiger partial charge < -0.3 is 23.1 Å². The Hall–Kier alpha value is -0.806. The predicted molar refractivity (Wildman–Crippen MR) is 169 cm³/mol. The molecule has 39 heavy (non-hydrogen) atoms. The minimum absolute atomic E-state index is 0.0944. The van der Waals surface area contributed by atoms with Crippen LogP contribution in [0.25, 0.3) is 0 Å². The smallest absolute Gasteiger partial charge is 0.182 e. The van der Waals surface area contributed by atoms with Gasteiger partial charge in [-0.25, -0.2) is 0 Å². The first-order valence-electron chi connectivity index (χ1n) is 14.6. The molecule has 0 aromatic carbocycles. The van der Waals surface area contributed by atoms with E-state index in [1.54, 1.807) is 14.2 Å². The Morgan fingerprint density at radius 2 is 1.10 bits per heavy atom. The Kier molecular flexibility index (Phi) is 11.9. The van der Waals surface area contributed by atoms with Crippen molar-refractivity contribution < 1.29 is 23.1 Å². The van der Waals surface area contributed by atoms with Crippen molar-refractivity contribution in [3.63, 3.8) is 0 Å². The van der Waals surface area contributed by atoms with E-state index in [1.807, 2.05) is 12.2 Å². The summed E-state index contributed by atoms with van der Waals surface area (Å²) in [5.41, 5.74) is -0.655. The van der Waals surface area contributed by atoms with E-state index in [2.05, 4.69) is 92.1 Å². The highest BCUT2D eigenvalue weighted by molar-refractivity contribution is 6.88. The summed E-state index contributed by atoms with van der Waals surface area (Å²) in [6, 6.07) is 2.16. The highest BCUT2D eigenvalue weighted by Crippen LogP contribution is 2.52. The molecule has 2 aliphatic rings. The van der Waals surface area contributed by atoms with Crippen LogP contribution in [0.5, 0.6) is 0 Å². The summed E-state index contributed by atoms with van der Waals surface area (Å²) in [4.78, 5) is 0. The van der Waals surface area contributed by atoms with Crippen LogP contribution >= 0.6 is 0 Å². The molecule has 0 bridgehead atoms. The van der Waals surface area contributed by atoms with Crippen LogP contribution in [0.3, 0.4) is 0 Å². The average Bonchev–Trinajstić information content (AvgIpc) is 3.39. The van der Waals surface area contributed by atoms with Gasteiger partial charge in [0, 0.05) is 14.2 Å². The molecular formula is C32H58O5Si2. The Balaban J connectivity index is 2.29. The van der Waals surface area contributed by atoms with Crippen LogP contribution in [0.4, 0.5) is 0 Å². The van der Waals surface area contributed by atoms with Crippen LogP contribution in [0, 0.1) is 11.8 Å². The van der Waals surface area contributed by atoms with Crippen LogP contribution in [-0.2, 0) is 23.1 Å². The van der Waals surface area contributed by atoms with Crippen molar-refractivity contribution in [2.24, 2.45) is 11.8 Å². The standard InChI is InChI=1S/C32H58O5Si2/c1-13-17-31(35-25-33-9)19-15-27(21-31)23-38(11,29(3,4)5)37-39(12,30(6,7)8)24-28-16-20-32(22-28,18-14-2)36-26-34-10/h13-16,19-20,27-28H,1-2,17-18,21-26H2,3-12H3. The summed E-state index contributed by atoms with van der Waals surface area (Å²) in [6.07, 6.45) is 16.6. The highest BCUT2D eigenvalue weighted by atomic mass is 28.4. The number of hydrogen-bond acceptors (Lipinski definition) is 5. The molecule has 0 amide bonds. The van der Waals surface area contributed by atoms with Crippen LogP contribution in [0.15, 0.2) is 49.6 Å². The van der Waals surface area contributed by atoms with Crippen molar-refractivity contribution in [1.29, 1.82) is 0 Å². The molecule has 0 aromatic heterocycles. The van der Waals surface area contributed by atoms with Crippen molar-refractivity contribution in [1.82, 2.24) is 0 Å². The SMILES string of the molecule is C=CCC1(OCOC)C=CC(C[Si](C)(O[Si](C)(CC2C=CC(CC=C)(OCOC)C2)C(C)(C)C)C(C)(C)C)C1. The summed E-state index contributed by atoms with van der Waals surface area (Å²) in [5, 5.41) is 0.189. The first-order chi connectivity index (χ1) is 18.0. The van der Waals surface area contributed by atoms with Gasteiger partial charge >= 0.3 is 0 Å². The van der Waals surface area contributed by atoms with Gasteiger partial charge in [0.15, 0.2) is 16.6 Å². The molecule has 0 aliphatic heterocycles. The van der Waals surface area contributed by atoms with E-state index in [0.29, 0.717) is 25.4 Å². The Morgan fingerprint density at radius 1 is 0.744 bits per heavy atom. The minimum atomic E-state index is -2.22. The van der Waals surface area contributed by atoms with E-state index >= 15 is 0 Å². The lowest BCUT2D eigenvalue weighted by molar-refractivity contribution is -0.109. The van der Waals surface area contributed by atoms with Crippen molar-refractivity contribution in [3.05, 3.63) is 49.6 Å². The van der Waals surface area contributed by atoms with E-state index in [4.69, 9.17) is 23.1 Å². The van der Waals surface area contributed by atoms with Crippen molar-refractivity contribution in [3.8, 4) is 0 Å². The molecule has 0 saturated heterocycles. The second-order valence-electron chi connectivity index (χ2n) is 14.3. The van der Waals surface area contributed by atoms with Crippen LogP contribution in [-0.4, -0.2) is 55.6 Å². The van der Waals surface area contributed by atoms with Gasteiger partial charge in [0.2, 0.25) is 0 Å². The zero-order chi connectivity index (χ0) is 29.6. The largest absolute Gasteiger partial charge is 0.454 e. The van der Waals surface area contributed by atoms with Gasteiger partial charge in [-0.05, 0) is 72.8 Å². The zero-order valence-corrected chi connectivity index (χ0v) is 28.7. The van der Waals surface area contributed by atoms with Gasteiger partial charge in [-0.3, -0.25) is 0 Å². The second-order valence-corrected chi connectivity index (χ2v) is 23.9. The first-order valence-corrected chi connectivity index (χ1v) is 19.8. The van der Waals surface area contributed by atoms with Crippen LogP contribution in [0.1, 0.15) is 67.2 Å². The zero-order valence-electron chi connectivity index (χ0n) is 26.7. The maximum Gasteiger partial charge on any atom is 0.182 e. The summed E-state index contributed by atoms with van der Waals surface area (Å²) in [7, 11) is -1.07. The van der Waals surface area contributed by atoms with Crippen molar-refractivity contribution >= 4 is 16.6 Å². The maximum atomic E-state index is 7.74. The van der Waals surface area contributed by atoms with Gasteiger partial charge in [-0.2, -0.15) is 0 Å². The van der Waals surface area contributed by atoms with Crippen LogP contribution < -0.4 is 0 Å². The molecule has 5 nitrogen and oxygen atoms in total. The molecule has 6 atom stereocenters. The molecule has 0 fully saturated rings. The fourth-order valence-corrected chi connectivity index (χ4v) is 16.9. The molecule has 0 aromatic rings. The molecule has 224 valence electrons. The van der Waals surface area contributed by atoms with E-state index in [0.717, 1.165) is 37.8 Å². The molecule has 0 heterocycles. The number of methoxy groups -OCH3 is 2. The molecular weight excluding hydrogens is 521 g/mol. The summed E-state index contributed by atoms with van der Waals surface area (Å²) in [6.45, 7) is 27.8. The quantitative estimate of drug-likeness (QED) is 0.104. The molecule has 6 unspecified atom stereocenters. The Labute approximate surface area is 242 Å². The van der Waals surface area contributed by atoms with Crippen molar-refractivity contribution in [2.75, 3.05) is 27.8 Å². The normalized spacial score (nSPS) is 30.3. The molecule has 0 radical (unpaired) electrons. The molecule has 7 heteroatoms. The van der Waals surface area contributed by atoms with Gasteiger partial charge in [-0.15, -0.1) is 13.2 Å². The van der Waals surface area contributed by atoms with Crippen LogP contribution in [0.2, 0.25) is 35.3 Å². The third kappa shape index (κ3) is 8.60. The van der Waals surface area contributed by atoms with Gasteiger partial charge in [0.1, 0.15) is 13.6 Å². The number of rotatable bonds is 16. The fraction of sp³-hybridized carbons (Fsp3) is 0.750. The molecule has 0 N–H and O–H groups in total. The monoisotopic (exact) mass is 578 g/mol. The third-order valence-corrected chi connectivity index (χ3v) is 22.0. The van der Waals surface area contributed by atoms with E-state index in [1.165, 1.54) is 0 Å². The minimum Gasteiger partial charge on any atom is -0.454 e. The lowest BCUT2D eigenvalue weighted by atomic mass is 9.96. The first kappa shape index (κ1) is 34.4. The Morgan fingerprint density at radius 3 is 1.38 bits per heavy atom. The van der Waals surface area contributed by atoms with Gasteiger partial charge in [0.05, 0.1) is 11.2 Å². The van der Waals surface area contributed by atoms with Crippen molar-refractivity contribution in [2.45, 2.75) is 114 Å². The average molecular weight is 579 g/mol. The van der Waals surface area contributed by atoms with Gasteiger partial charge in [0.25, 0.3) is 0 Å². The molecule has 0 spiro atoms. The summed E-state index contributed by atoms with van der Waals surface area (Å²) < 4.78 is 30.6. The van der Waals surface area contributed by atoms with E-state index in [9.17, 15) is 0 Å². The lowest BCUT2D eigenvalue weighted by Gasteiger charge is -2.52. The topological polar surface area (TPSA) is 46.2 Å². The molecule has 2 aliphatic carbocycles. The maximum absolute atomic E-state index is 7.74. The number of hydrogen-bond donors (Lipinski definition) is 0.